The predicted octanol–water partition coefficient (Wildman–Crippen LogP) is -1.34. The van der Waals surface area contributed by atoms with Crippen LogP contribution in [0.15, 0.2) is 0 Å². The van der Waals surface area contributed by atoms with E-state index in [1.54, 1.807) is 0 Å². The summed E-state index contributed by atoms with van der Waals surface area (Å²) in [5.74, 6) is -7.35. The Morgan fingerprint density at radius 1 is 0.682 bits per heavy atom. The van der Waals surface area contributed by atoms with Crippen molar-refractivity contribution in [1.29, 1.82) is 0 Å². The fourth-order valence-electron chi connectivity index (χ4n) is 0.578. The van der Waals surface area contributed by atoms with Crippen LogP contribution in [0.1, 0.15) is 1.43 Å². The molecule has 0 saturated carbocycles. The van der Waals surface area contributed by atoms with Gasteiger partial charge < -0.3 is 1.43 Å². The van der Waals surface area contributed by atoms with Gasteiger partial charge in [0, 0.05) is 0 Å². The van der Waals surface area contributed by atoms with Gasteiger partial charge in [-0.3, -0.25) is 0 Å². The summed E-state index contributed by atoms with van der Waals surface area (Å²) in [6, 6.07) is 0. The second-order valence-electron chi connectivity index (χ2n) is 3.12. The Morgan fingerprint density at radius 2 is 1.00 bits per heavy atom. The number of sulfonamides is 2. The quantitative estimate of drug-likeness (QED) is 0.477. The molecule has 0 aliphatic heterocycles. The number of rotatable bonds is 4. The van der Waals surface area contributed by atoms with E-state index >= 15 is 0 Å². The third-order valence-corrected chi connectivity index (χ3v) is 4.88. The van der Waals surface area contributed by atoms with Crippen LogP contribution in [0, 0.1) is 0 Å². The first-order valence-electron chi connectivity index (χ1n) is 3.87. The Bertz CT molecular complexity index is 610. The van der Waals surface area contributed by atoms with E-state index in [2.05, 4.69) is 0 Å². The molecule has 0 fully saturated rings. The topological polar surface area (TPSA) is 80.3 Å². The summed E-state index contributed by atoms with van der Waals surface area (Å²) >= 11 is 0. The number of halogens is 10. The van der Waals surface area contributed by atoms with Gasteiger partial charge in [0.05, 0.1) is 0 Å². The van der Waals surface area contributed by atoms with Crippen molar-refractivity contribution >= 4 is 20.0 Å². The maximum absolute atomic E-state index is 12.6. The van der Waals surface area contributed by atoms with E-state index in [1.807, 2.05) is 0 Å². The maximum Gasteiger partial charge on any atom is 1.00 e. The van der Waals surface area contributed by atoms with Gasteiger partial charge in [-0.15, -0.1) is 0 Å². The fraction of sp³-hybridized carbons (Fsp3) is 1.00. The predicted molar refractivity (Wildman–Crippen MR) is 44.1 cm³/mol. The molecule has 0 saturated heterocycles. The summed E-state index contributed by atoms with van der Waals surface area (Å²) < 4.78 is 160. The van der Waals surface area contributed by atoms with E-state index in [-0.39, 0.29) is 20.3 Å². The van der Waals surface area contributed by atoms with Gasteiger partial charge in [-0.25, -0.2) is 16.8 Å². The van der Waals surface area contributed by atoms with Crippen molar-refractivity contribution in [2.45, 2.75) is 22.9 Å². The first kappa shape index (κ1) is 24.0. The molecule has 0 heterocycles. The van der Waals surface area contributed by atoms with Gasteiger partial charge in [0.1, 0.15) is 0 Å². The zero-order valence-electron chi connectivity index (χ0n) is 10.7. The molecular formula is C4H2F10LiNO4S2. The van der Waals surface area contributed by atoms with Gasteiger partial charge in [-0.05, 0) is 0 Å². The smallest absolute Gasteiger partial charge is 1.00 e. The maximum atomic E-state index is 12.6. The standard InChI is InChI=1S/C4HF10NO4S2.Li.H/c5-1(6,2(7,8)9)3(10,11)20(16,17)15-21(18,19)4(12,13)14;;/h15H;;/q;+1;-1. The minimum absolute atomic E-state index is 0. The number of alkyl halides is 10. The molecule has 0 unspecified atom stereocenters. The van der Waals surface area contributed by atoms with Crippen LogP contribution < -0.4 is 23.0 Å². The Balaban J connectivity index is -0.00000200. The number of nitrogens with one attached hydrogen (secondary N) is 1. The first-order chi connectivity index (χ1) is 8.71. The summed E-state index contributed by atoms with van der Waals surface area (Å²) in [7, 11) is -14.8. The molecule has 0 aliphatic carbocycles. The molecule has 130 valence electrons. The zero-order chi connectivity index (χ0) is 17.7. The molecule has 0 spiro atoms. The van der Waals surface area contributed by atoms with E-state index in [9.17, 15) is 60.7 Å². The second-order valence-corrected chi connectivity index (χ2v) is 6.78. The van der Waals surface area contributed by atoms with Crippen LogP contribution in [0.4, 0.5) is 43.9 Å². The summed E-state index contributed by atoms with van der Waals surface area (Å²) in [5, 5.41) is -7.23. The van der Waals surface area contributed by atoms with E-state index in [0.717, 1.165) is 0 Å². The molecule has 0 bridgehead atoms. The van der Waals surface area contributed by atoms with Crippen molar-refractivity contribution in [3.63, 3.8) is 0 Å². The van der Waals surface area contributed by atoms with Crippen LogP contribution in [0.3, 0.4) is 0 Å². The van der Waals surface area contributed by atoms with Crippen molar-refractivity contribution in [3.8, 4) is 0 Å². The molecule has 0 aromatic heterocycles. The molecule has 18 heteroatoms. The van der Waals surface area contributed by atoms with E-state index in [0.29, 0.717) is 0 Å². The minimum atomic E-state index is -7.60. The average Bonchev–Trinajstić information content (AvgIpc) is 2.11. The van der Waals surface area contributed by atoms with E-state index in [1.165, 1.54) is 0 Å². The van der Waals surface area contributed by atoms with Crippen LogP contribution in [0.25, 0.3) is 0 Å². The Hall–Kier alpha value is -0.243. The molecule has 0 aliphatic rings. The van der Waals surface area contributed by atoms with E-state index < -0.39 is 47.0 Å². The first-order valence-corrected chi connectivity index (χ1v) is 6.84. The summed E-state index contributed by atoms with van der Waals surface area (Å²) in [5.41, 5.74) is -6.55. The molecule has 22 heavy (non-hydrogen) atoms. The van der Waals surface area contributed by atoms with Crippen molar-refractivity contribution in [2.75, 3.05) is 0 Å². The molecule has 1 N–H and O–H groups in total. The summed E-state index contributed by atoms with van der Waals surface area (Å²) in [4.78, 5) is 0. The van der Waals surface area contributed by atoms with Crippen LogP contribution in [0.2, 0.25) is 0 Å². The van der Waals surface area contributed by atoms with Crippen LogP contribution >= 0.6 is 0 Å². The van der Waals surface area contributed by atoms with Gasteiger partial charge in [0.25, 0.3) is 10.0 Å². The molecular weight excluding hydrogens is 387 g/mol. The van der Waals surface area contributed by atoms with Crippen molar-refractivity contribution in [2.24, 2.45) is 0 Å². The molecule has 5 nitrogen and oxygen atoms in total. The Kier molecular flexibility index (Phi) is 6.55. The Labute approximate surface area is 128 Å². The van der Waals surface area contributed by atoms with Gasteiger partial charge in [-0.1, -0.05) is 4.13 Å². The minimum Gasteiger partial charge on any atom is -1.00 e. The third kappa shape index (κ3) is 3.99. The largest absolute Gasteiger partial charge is 1.00 e. The molecule has 0 radical (unpaired) electrons. The van der Waals surface area contributed by atoms with Gasteiger partial charge in [-0.2, -0.15) is 43.9 Å². The fourth-order valence-corrected chi connectivity index (χ4v) is 2.98. The molecule has 0 aromatic rings. The van der Waals surface area contributed by atoms with Crippen molar-refractivity contribution in [1.82, 2.24) is 4.13 Å². The summed E-state index contributed by atoms with van der Waals surface area (Å²) in [6.45, 7) is 0. The van der Waals surface area contributed by atoms with Crippen LogP contribution in [-0.4, -0.2) is 39.7 Å². The summed E-state index contributed by atoms with van der Waals surface area (Å²) in [6.07, 6.45) is -7.19. The molecule has 0 amide bonds. The molecule has 0 atom stereocenters. The SMILES string of the molecule is O=S(=O)(NS(=O)(=O)C(F)(F)C(F)(F)C(F)(F)F)C(F)(F)F.[H-].[Li+]. The Morgan fingerprint density at radius 3 is 1.23 bits per heavy atom. The van der Waals surface area contributed by atoms with Crippen LogP contribution in [-0.2, 0) is 20.0 Å². The number of hydrogen-bond donors (Lipinski definition) is 1. The average molecular weight is 389 g/mol. The molecule has 0 aromatic carbocycles. The van der Waals surface area contributed by atoms with Gasteiger partial charge >= 0.3 is 51.7 Å². The molecule has 0 rings (SSSR count). The normalized spacial score (nSPS) is 15.4. The monoisotopic (exact) mass is 389 g/mol. The van der Waals surface area contributed by atoms with Gasteiger partial charge in [0.2, 0.25) is 0 Å². The number of hydrogen-bond acceptors (Lipinski definition) is 4. The zero-order valence-corrected chi connectivity index (χ0v) is 11.4. The third-order valence-electron chi connectivity index (χ3n) is 1.58. The van der Waals surface area contributed by atoms with Crippen LogP contribution in [0.5, 0.6) is 0 Å². The second kappa shape index (κ2) is 6.00. The van der Waals surface area contributed by atoms with E-state index in [4.69, 9.17) is 0 Å². The van der Waals surface area contributed by atoms with Crippen molar-refractivity contribution < 1.29 is 81.0 Å². The van der Waals surface area contributed by atoms with Gasteiger partial charge in [0.15, 0.2) is 0 Å². The van der Waals surface area contributed by atoms with Crippen molar-refractivity contribution in [3.05, 3.63) is 0 Å².